The van der Waals surface area contributed by atoms with Gasteiger partial charge < -0.3 is 9.47 Å². The molecule has 6 nitrogen and oxygen atoms in total. The molecule has 2 aromatic carbocycles. The molecule has 0 radical (unpaired) electrons. The standard InChI is InChI=1S/C19H23BrN2O4S/c1-25-16-7-8-18(26-2)19(13-16)27(23,24)22-11-9-21(10-12-22)14-15-5-3-4-6-17(15)20/h3-8,13H,9-12,14H2,1-2H3. The van der Waals surface area contributed by atoms with E-state index in [1.165, 1.54) is 30.2 Å². The van der Waals surface area contributed by atoms with Crippen molar-refractivity contribution in [3.8, 4) is 11.5 Å². The van der Waals surface area contributed by atoms with E-state index in [2.05, 4.69) is 26.9 Å². The monoisotopic (exact) mass is 454 g/mol. The van der Waals surface area contributed by atoms with Gasteiger partial charge in [0.25, 0.3) is 0 Å². The van der Waals surface area contributed by atoms with E-state index in [0.29, 0.717) is 37.7 Å². The minimum Gasteiger partial charge on any atom is -0.497 e. The van der Waals surface area contributed by atoms with Crippen LogP contribution >= 0.6 is 15.9 Å². The summed E-state index contributed by atoms with van der Waals surface area (Å²) >= 11 is 3.57. The number of ether oxygens (including phenoxy) is 2. The van der Waals surface area contributed by atoms with E-state index in [1.807, 2.05) is 18.2 Å². The van der Waals surface area contributed by atoms with Crippen molar-refractivity contribution in [2.24, 2.45) is 0 Å². The summed E-state index contributed by atoms with van der Waals surface area (Å²) in [7, 11) is -0.668. The number of methoxy groups -OCH3 is 2. The second kappa shape index (κ2) is 8.60. The highest BCUT2D eigenvalue weighted by Gasteiger charge is 2.31. The van der Waals surface area contributed by atoms with Crippen molar-refractivity contribution in [1.82, 2.24) is 9.21 Å². The molecule has 3 rings (SSSR count). The van der Waals surface area contributed by atoms with E-state index in [9.17, 15) is 8.42 Å². The third-order valence-electron chi connectivity index (χ3n) is 4.67. The smallest absolute Gasteiger partial charge is 0.246 e. The number of sulfonamides is 1. The summed E-state index contributed by atoms with van der Waals surface area (Å²) in [6, 6.07) is 12.9. The molecule has 0 saturated carbocycles. The summed E-state index contributed by atoms with van der Waals surface area (Å²) < 4.78 is 39.3. The Kier molecular flexibility index (Phi) is 6.41. The van der Waals surface area contributed by atoms with Gasteiger partial charge in [-0.05, 0) is 23.8 Å². The van der Waals surface area contributed by atoms with Gasteiger partial charge in [0.2, 0.25) is 10.0 Å². The minimum atomic E-state index is -3.65. The SMILES string of the molecule is COc1ccc(OC)c(S(=O)(=O)N2CCN(Cc3ccccc3Br)CC2)c1. The summed E-state index contributed by atoms with van der Waals surface area (Å²) in [5.74, 6) is 0.813. The second-order valence-corrected chi connectivity index (χ2v) is 9.05. The predicted molar refractivity (Wildman–Crippen MR) is 108 cm³/mol. The lowest BCUT2D eigenvalue weighted by Gasteiger charge is -2.34. The van der Waals surface area contributed by atoms with Crippen LogP contribution in [0.4, 0.5) is 0 Å². The highest BCUT2D eigenvalue weighted by atomic mass is 79.9. The van der Waals surface area contributed by atoms with Crippen molar-refractivity contribution < 1.29 is 17.9 Å². The van der Waals surface area contributed by atoms with Crippen LogP contribution in [0.3, 0.4) is 0 Å². The summed E-state index contributed by atoms with van der Waals surface area (Å²) in [5.41, 5.74) is 1.20. The molecule has 1 saturated heterocycles. The largest absolute Gasteiger partial charge is 0.497 e. The van der Waals surface area contributed by atoms with Crippen LogP contribution in [0.2, 0.25) is 0 Å². The lowest BCUT2D eigenvalue weighted by Crippen LogP contribution is -2.48. The van der Waals surface area contributed by atoms with E-state index < -0.39 is 10.0 Å². The molecule has 0 spiro atoms. The first kappa shape index (κ1) is 20.1. The minimum absolute atomic E-state index is 0.142. The molecule has 1 aliphatic rings. The number of piperazine rings is 1. The number of nitrogens with zero attached hydrogens (tertiary/aromatic N) is 2. The van der Waals surface area contributed by atoms with Gasteiger partial charge in [0.1, 0.15) is 16.4 Å². The van der Waals surface area contributed by atoms with Crippen LogP contribution in [0.5, 0.6) is 11.5 Å². The van der Waals surface area contributed by atoms with Gasteiger partial charge in [-0.2, -0.15) is 4.31 Å². The zero-order chi connectivity index (χ0) is 19.4. The highest BCUT2D eigenvalue weighted by molar-refractivity contribution is 9.10. The average molecular weight is 455 g/mol. The van der Waals surface area contributed by atoms with Crippen molar-refractivity contribution >= 4 is 26.0 Å². The Morgan fingerprint density at radius 1 is 1.00 bits per heavy atom. The van der Waals surface area contributed by atoms with Crippen molar-refractivity contribution in [3.05, 3.63) is 52.5 Å². The number of rotatable bonds is 6. The van der Waals surface area contributed by atoms with E-state index in [-0.39, 0.29) is 4.90 Å². The molecule has 27 heavy (non-hydrogen) atoms. The third kappa shape index (κ3) is 4.45. The van der Waals surface area contributed by atoms with Crippen LogP contribution in [0.1, 0.15) is 5.56 Å². The molecule has 2 aromatic rings. The summed E-state index contributed by atoms with van der Waals surface area (Å²) in [6.07, 6.45) is 0. The molecule has 1 aliphatic heterocycles. The Balaban J connectivity index is 1.73. The lowest BCUT2D eigenvalue weighted by molar-refractivity contribution is 0.181. The van der Waals surface area contributed by atoms with Crippen LogP contribution < -0.4 is 9.47 Å². The van der Waals surface area contributed by atoms with Gasteiger partial charge in [-0.15, -0.1) is 0 Å². The van der Waals surface area contributed by atoms with Gasteiger partial charge in [-0.3, -0.25) is 4.90 Å². The van der Waals surface area contributed by atoms with E-state index in [0.717, 1.165) is 11.0 Å². The number of hydrogen-bond acceptors (Lipinski definition) is 5. The Bertz CT molecular complexity index is 896. The fourth-order valence-corrected chi connectivity index (χ4v) is 5.12. The predicted octanol–water partition coefficient (Wildman–Crippen LogP) is 2.97. The van der Waals surface area contributed by atoms with Gasteiger partial charge in [-0.1, -0.05) is 34.1 Å². The maximum atomic E-state index is 13.1. The zero-order valence-electron chi connectivity index (χ0n) is 15.4. The molecule has 0 amide bonds. The molecular formula is C19H23BrN2O4S. The van der Waals surface area contributed by atoms with Gasteiger partial charge >= 0.3 is 0 Å². The van der Waals surface area contributed by atoms with Crippen molar-refractivity contribution in [2.45, 2.75) is 11.4 Å². The fraction of sp³-hybridized carbons (Fsp3) is 0.368. The van der Waals surface area contributed by atoms with Gasteiger partial charge in [0.05, 0.1) is 14.2 Å². The molecule has 0 unspecified atom stereocenters. The first-order valence-electron chi connectivity index (χ1n) is 8.63. The number of benzene rings is 2. The summed E-state index contributed by atoms with van der Waals surface area (Å²) in [6.45, 7) is 3.01. The zero-order valence-corrected chi connectivity index (χ0v) is 17.8. The Labute approximate surface area is 168 Å². The molecule has 0 bridgehead atoms. The first-order valence-corrected chi connectivity index (χ1v) is 10.9. The van der Waals surface area contributed by atoms with Crippen molar-refractivity contribution in [1.29, 1.82) is 0 Å². The number of halogens is 1. The first-order chi connectivity index (χ1) is 13.0. The molecule has 8 heteroatoms. The Morgan fingerprint density at radius 3 is 2.33 bits per heavy atom. The average Bonchev–Trinajstić information content (AvgIpc) is 2.69. The van der Waals surface area contributed by atoms with E-state index in [1.54, 1.807) is 12.1 Å². The molecule has 0 atom stereocenters. The van der Waals surface area contributed by atoms with Crippen LogP contribution in [-0.2, 0) is 16.6 Å². The normalized spacial score (nSPS) is 16.3. The molecule has 1 fully saturated rings. The summed E-state index contributed by atoms with van der Waals surface area (Å²) in [4.78, 5) is 2.40. The van der Waals surface area contributed by atoms with E-state index in [4.69, 9.17) is 9.47 Å². The second-order valence-electron chi connectivity index (χ2n) is 6.29. The quantitative estimate of drug-likeness (QED) is 0.671. The molecule has 0 N–H and O–H groups in total. The molecule has 0 aliphatic carbocycles. The maximum absolute atomic E-state index is 13.1. The highest BCUT2D eigenvalue weighted by Crippen LogP contribution is 2.31. The molecule has 146 valence electrons. The van der Waals surface area contributed by atoms with Gasteiger partial charge in [-0.25, -0.2) is 8.42 Å². The van der Waals surface area contributed by atoms with E-state index >= 15 is 0 Å². The molecular weight excluding hydrogens is 432 g/mol. The number of hydrogen-bond donors (Lipinski definition) is 0. The van der Waals surface area contributed by atoms with Crippen LogP contribution in [0.25, 0.3) is 0 Å². The van der Waals surface area contributed by atoms with Crippen LogP contribution in [0.15, 0.2) is 51.8 Å². The van der Waals surface area contributed by atoms with Gasteiger partial charge in [0.15, 0.2) is 0 Å². The lowest BCUT2D eigenvalue weighted by atomic mass is 10.2. The third-order valence-corrected chi connectivity index (χ3v) is 7.37. The van der Waals surface area contributed by atoms with Gasteiger partial charge in [0, 0.05) is 43.3 Å². The Morgan fingerprint density at radius 2 is 1.70 bits per heavy atom. The van der Waals surface area contributed by atoms with Crippen molar-refractivity contribution in [2.75, 3.05) is 40.4 Å². The fourth-order valence-electron chi connectivity index (χ4n) is 3.12. The maximum Gasteiger partial charge on any atom is 0.246 e. The summed E-state index contributed by atoms with van der Waals surface area (Å²) in [5, 5.41) is 0. The topological polar surface area (TPSA) is 59.1 Å². The van der Waals surface area contributed by atoms with Crippen LogP contribution in [0, 0.1) is 0 Å². The Hall–Kier alpha value is -1.61. The molecule has 1 heterocycles. The molecule has 0 aromatic heterocycles. The van der Waals surface area contributed by atoms with Crippen molar-refractivity contribution in [3.63, 3.8) is 0 Å². The van der Waals surface area contributed by atoms with Crippen LogP contribution in [-0.4, -0.2) is 58.0 Å².